The van der Waals surface area contributed by atoms with Crippen molar-refractivity contribution in [1.29, 1.82) is 0 Å². The van der Waals surface area contributed by atoms with Crippen LogP contribution in [0.4, 0.5) is 0 Å². The molecule has 0 saturated carbocycles. The van der Waals surface area contributed by atoms with Gasteiger partial charge in [-0.1, -0.05) is 0 Å². The molecule has 0 saturated heterocycles. The zero-order valence-corrected chi connectivity index (χ0v) is 18.5. The fraction of sp³-hybridized carbons (Fsp3) is 0.600. The molecule has 0 bridgehead atoms. The molecule has 1 aromatic carbocycles. The Bertz CT molecular complexity index is 558. The average Bonchev–Trinajstić information content (AvgIpc) is 3.13. The molecule has 0 amide bonds. The molecule has 0 aliphatic rings. The van der Waals surface area contributed by atoms with Crippen LogP contribution in [0.5, 0.6) is 0 Å². The zero-order chi connectivity index (χ0) is 17.3. The van der Waals surface area contributed by atoms with Gasteiger partial charge in [-0.2, -0.15) is 0 Å². The summed E-state index contributed by atoms with van der Waals surface area (Å²) in [5, 5.41) is 9.83. The van der Waals surface area contributed by atoms with Gasteiger partial charge in [0.1, 0.15) is 0 Å². The van der Waals surface area contributed by atoms with Crippen molar-refractivity contribution in [2.75, 3.05) is 0 Å². The van der Waals surface area contributed by atoms with Gasteiger partial charge in [0.15, 0.2) is 0 Å². The van der Waals surface area contributed by atoms with E-state index in [-0.39, 0.29) is 0 Å². The molecule has 2 rings (SSSR count). The summed E-state index contributed by atoms with van der Waals surface area (Å²) in [4.78, 5) is 0. The van der Waals surface area contributed by atoms with Gasteiger partial charge in [-0.05, 0) is 0 Å². The van der Waals surface area contributed by atoms with E-state index >= 15 is 0 Å². The van der Waals surface area contributed by atoms with E-state index in [1.165, 1.54) is 57.4 Å². The van der Waals surface area contributed by atoms with E-state index in [1.54, 1.807) is 0 Å². The van der Waals surface area contributed by atoms with Crippen LogP contribution in [0.15, 0.2) is 36.5 Å². The van der Waals surface area contributed by atoms with E-state index in [0.717, 1.165) is 5.69 Å². The number of hydrogen-bond acceptors (Lipinski definition) is 2. The number of aromatic nitrogens is 3. The minimum absolute atomic E-state index is 1.04. The monoisotopic (exact) mass is 435 g/mol. The summed E-state index contributed by atoms with van der Waals surface area (Å²) < 4.78 is 6.47. The average molecular weight is 434 g/mol. The third-order valence-corrected chi connectivity index (χ3v) is 19.0. The Morgan fingerprint density at radius 2 is 1.38 bits per heavy atom. The van der Waals surface area contributed by atoms with Gasteiger partial charge in [0, 0.05) is 0 Å². The van der Waals surface area contributed by atoms with Crippen molar-refractivity contribution in [2.24, 2.45) is 0 Å². The van der Waals surface area contributed by atoms with Gasteiger partial charge in [0.05, 0.1) is 0 Å². The standard InChI is InChI=1S/C8H6N3.3C4H9.Sn/c1-2-4-7(5-3-1)8-6-9-11-10-8;3*1-3-4-2;/h1-6H;3*1,3-4H2,2H3;/q-1;;;;+1. The topological polar surface area (TPSA) is 30.7 Å². The van der Waals surface area contributed by atoms with Gasteiger partial charge < -0.3 is 0 Å². The second-order valence-corrected chi connectivity index (χ2v) is 19.3. The van der Waals surface area contributed by atoms with Crippen LogP contribution in [-0.2, 0) is 0 Å². The predicted molar refractivity (Wildman–Crippen MR) is 106 cm³/mol. The van der Waals surface area contributed by atoms with Crippen molar-refractivity contribution in [3.63, 3.8) is 0 Å². The predicted octanol–water partition coefficient (Wildman–Crippen LogP) is 6.14. The first-order valence-corrected chi connectivity index (χ1v) is 17.1. The molecule has 2 aromatic rings. The molecule has 0 atom stereocenters. The van der Waals surface area contributed by atoms with Crippen molar-refractivity contribution in [3.05, 3.63) is 36.5 Å². The molecule has 4 heteroatoms. The molecule has 24 heavy (non-hydrogen) atoms. The van der Waals surface area contributed by atoms with E-state index in [9.17, 15) is 0 Å². The summed E-state index contributed by atoms with van der Waals surface area (Å²) in [6.45, 7) is 6.92. The maximum absolute atomic E-state index is 5.01. The molecular formula is C20H33N3Sn. The van der Waals surface area contributed by atoms with Crippen LogP contribution in [0.1, 0.15) is 59.3 Å². The molecule has 0 radical (unpaired) electrons. The molecule has 0 N–H and O–H groups in total. The summed E-state index contributed by atoms with van der Waals surface area (Å²) >= 11 is -2.55. The molecule has 0 fully saturated rings. The number of rotatable bonds is 11. The fourth-order valence-electron chi connectivity index (χ4n) is 3.43. The van der Waals surface area contributed by atoms with Gasteiger partial charge in [-0.3, -0.25) is 0 Å². The second-order valence-electron chi connectivity index (χ2n) is 6.92. The first-order valence-electron chi connectivity index (χ1n) is 9.74. The van der Waals surface area contributed by atoms with E-state index in [4.69, 9.17) is 10.2 Å². The molecule has 0 spiro atoms. The number of nitrogens with zero attached hydrogens (tertiary/aromatic N) is 3. The van der Waals surface area contributed by atoms with Gasteiger partial charge in [0.25, 0.3) is 0 Å². The first kappa shape index (κ1) is 19.5. The number of unbranched alkanes of at least 4 members (excludes halogenated alkanes) is 3. The summed E-state index contributed by atoms with van der Waals surface area (Å²) in [7, 11) is 0. The molecule has 3 nitrogen and oxygen atoms in total. The van der Waals surface area contributed by atoms with Gasteiger partial charge in [0.2, 0.25) is 0 Å². The van der Waals surface area contributed by atoms with Crippen molar-refractivity contribution < 1.29 is 0 Å². The van der Waals surface area contributed by atoms with E-state index in [0.29, 0.717) is 0 Å². The normalized spacial score (nSPS) is 11.8. The van der Waals surface area contributed by atoms with Crippen LogP contribution in [0, 0.1) is 0 Å². The summed E-state index contributed by atoms with van der Waals surface area (Å²) in [5.74, 6) is 0. The molecule has 1 aromatic heterocycles. The summed E-state index contributed by atoms with van der Waals surface area (Å²) in [5.41, 5.74) is 2.23. The molecule has 1 heterocycles. The third kappa shape index (κ3) is 5.08. The summed E-state index contributed by atoms with van der Waals surface area (Å²) in [6, 6.07) is 10.5. The van der Waals surface area contributed by atoms with Crippen molar-refractivity contribution in [3.8, 4) is 11.3 Å². The van der Waals surface area contributed by atoms with Crippen molar-refractivity contribution in [2.45, 2.75) is 72.6 Å². The molecule has 132 valence electrons. The Labute approximate surface area is 152 Å². The van der Waals surface area contributed by atoms with Crippen LogP contribution < -0.4 is 0 Å². The van der Waals surface area contributed by atoms with E-state index < -0.39 is 18.7 Å². The van der Waals surface area contributed by atoms with E-state index in [1.807, 2.05) is 6.20 Å². The van der Waals surface area contributed by atoms with Gasteiger partial charge >= 0.3 is 152 Å². The number of benzene rings is 1. The fourth-order valence-corrected chi connectivity index (χ4v) is 17.7. The van der Waals surface area contributed by atoms with Crippen LogP contribution >= 0.6 is 0 Å². The van der Waals surface area contributed by atoms with Crippen LogP contribution in [0.25, 0.3) is 11.3 Å². The molecular weight excluding hydrogens is 401 g/mol. The Morgan fingerprint density at radius 3 is 1.88 bits per heavy atom. The van der Waals surface area contributed by atoms with E-state index in [2.05, 4.69) is 54.1 Å². The van der Waals surface area contributed by atoms with Crippen LogP contribution in [-0.4, -0.2) is 31.9 Å². The quantitative estimate of drug-likeness (QED) is 0.398. The Balaban J connectivity index is 2.31. The Hall–Kier alpha value is -0.841. The minimum atomic E-state index is -2.55. The molecule has 0 unspecified atom stereocenters. The molecule has 0 aliphatic carbocycles. The Morgan fingerprint density at radius 1 is 0.833 bits per heavy atom. The van der Waals surface area contributed by atoms with Gasteiger partial charge in [-0.15, -0.1) is 0 Å². The van der Waals surface area contributed by atoms with Crippen molar-refractivity contribution >= 4 is 18.7 Å². The maximum atomic E-state index is 5.01. The zero-order valence-electron chi connectivity index (χ0n) is 15.7. The number of hydrogen-bond donors (Lipinski definition) is 0. The van der Waals surface area contributed by atoms with Crippen LogP contribution in [0.3, 0.4) is 0 Å². The third-order valence-electron chi connectivity index (χ3n) is 4.97. The summed E-state index contributed by atoms with van der Waals surface area (Å²) in [6.07, 6.45) is 9.85. The van der Waals surface area contributed by atoms with Crippen LogP contribution in [0.2, 0.25) is 13.3 Å². The molecule has 0 aliphatic heterocycles. The van der Waals surface area contributed by atoms with Gasteiger partial charge in [-0.25, -0.2) is 0 Å². The van der Waals surface area contributed by atoms with Crippen molar-refractivity contribution in [1.82, 2.24) is 13.2 Å². The SMILES string of the molecule is CCC[CH2][Sn]([CH2]CCC)([CH2]CCC)[n]1ncc(-c2ccccc2)n1. The Kier molecular flexibility index (Phi) is 8.29. The second kappa shape index (κ2) is 10.2. The first-order chi connectivity index (χ1) is 11.8.